The molecule has 0 saturated carbocycles. The molecule has 31 heavy (non-hydrogen) atoms. The Morgan fingerprint density at radius 1 is 1.13 bits per heavy atom. The van der Waals surface area contributed by atoms with Crippen molar-refractivity contribution in [3.8, 4) is 11.5 Å². The van der Waals surface area contributed by atoms with Crippen LogP contribution < -0.4 is 20.1 Å². The van der Waals surface area contributed by atoms with E-state index in [4.69, 9.17) is 21.1 Å². The Morgan fingerprint density at radius 3 is 2.65 bits per heavy atom. The number of aromatic nitrogens is 1. The third-order valence-corrected chi connectivity index (χ3v) is 5.12. The SMILES string of the molecule is COc1cc(CNCCc2c[nH]c3ccccc23)c(Cl)cc1OCC(=O)NC(C)(C)C. The van der Waals surface area contributed by atoms with Crippen LogP contribution in [0.25, 0.3) is 10.9 Å². The van der Waals surface area contributed by atoms with Crippen LogP contribution in [0.1, 0.15) is 31.9 Å². The van der Waals surface area contributed by atoms with Gasteiger partial charge in [-0.25, -0.2) is 0 Å². The fourth-order valence-electron chi connectivity index (χ4n) is 3.37. The molecular formula is C24H30ClN3O3. The standard InChI is InChI=1S/C24H30ClN3O3/c1-24(2,3)28-23(29)15-31-22-12-19(25)17(11-21(22)30-4)13-26-10-9-16-14-27-20-8-6-5-7-18(16)20/h5-8,11-12,14,26-27H,9-10,13,15H2,1-4H3,(H,28,29). The van der Waals surface area contributed by atoms with Crippen LogP contribution >= 0.6 is 11.6 Å². The van der Waals surface area contributed by atoms with Gasteiger partial charge in [-0.05, 0) is 57.0 Å². The first kappa shape index (κ1) is 23.0. The number of rotatable bonds is 9. The predicted molar refractivity (Wildman–Crippen MR) is 125 cm³/mol. The third-order valence-electron chi connectivity index (χ3n) is 4.77. The molecule has 0 aliphatic carbocycles. The van der Waals surface area contributed by atoms with Crippen LogP contribution in [0.4, 0.5) is 0 Å². The predicted octanol–water partition coefficient (Wildman–Crippen LogP) is 4.46. The first-order chi connectivity index (χ1) is 14.8. The van der Waals surface area contributed by atoms with Gasteiger partial charge in [0.25, 0.3) is 5.91 Å². The quantitative estimate of drug-likeness (QED) is 0.427. The van der Waals surface area contributed by atoms with Crippen molar-refractivity contribution >= 4 is 28.4 Å². The molecule has 0 fully saturated rings. The molecule has 2 aromatic carbocycles. The number of H-pyrrole nitrogens is 1. The molecule has 3 rings (SSSR count). The lowest BCUT2D eigenvalue weighted by atomic mass is 10.1. The number of amides is 1. The summed E-state index contributed by atoms with van der Waals surface area (Å²) in [5.74, 6) is 0.786. The summed E-state index contributed by atoms with van der Waals surface area (Å²) in [6, 6.07) is 11.8. The second kappa shape index (κ2) is 10.1. The number of hydrogen-bond donors (Lipinski definition) is 3. The van der Waals surface area contributed by atoms with Crippen molar-refractivity contribution in [2.24, 2.45) is 0 Å². The van der Waals surface area contributed by atoms with E-state index in [1.54, 1.807) is 13.2 Å². The highest BCUT2D eigenvalue weighted by atomic mass is 35.5. The van der Waals surface area contributed by atoms with E-state index in [9.17, 15) is 4.79 Å². The minimum absolute atomic E-state index is 0.105. The summed E-state index contributed by atoms with van der Waals surface area (Å²) in [4.78, 5) is 15.3. The maximum absolute atomic E-state index is 12.0. The molecule has 0 atom stereocenters. The van der Waals surface area contributed by atoms with Gasteiger partial charge in [0.2, 0.25) is 0 Å². The van der Waals surface area contributed by atoms with E-state index in [1.807, 2.05) is 32.9 Å². The van der Waals surface area contributed by atoms with Crippen molar-refractivity contribution in [1.29, 1.82) is 0 Å². The average Bonchev–Trinajstić information content (AvgIpc) is 3.12. The van der Waals surface area contributed by atoms with Crippen LogP contribution in [-0.2, 0) is 17.8 Å². The van der Waals surface area contributed by atoms with Gasteiger partial charge in [0.1, 0.15) is 0 Å². The van der Waals surface area contributed by atoms with E-state index in [2.05, 4.69) is 40.0 Å². The maximum Gasteiger partial charge on any atom is 0.258 e. The van der Waals surface area contributed by atoms with Gasteiger partial charge in [-0.15, -0.1) is 0 Å². The van der Waals surface area contributed by atoms with Crippen LogP contribution in [0, 0.1) is 0 Å². The van der Waals surface area contributed by atoms with Crippen LogP contribution in [0.2, 0.25) is 5.02 Å². The van der Waals surface area contributed by atoms with Crippen molar-refractivity contribution in [3.63, 3.8) is 0 Å². The van der Waals surface area contributed by atoms with Crippen LogP contribution in [0.3, 0.4) is 0 Å². The van der Waals surface area contributed by atoms with Crippen molar-refractivity contribution < 1.29 is 14.3 Å². The van der Waals surface area contributed by atoms with E-state index in [0.717, 1.165) is 24.0 Å². The molecule has 0 bridgehead atoms. The highest BCUT2D eigenvalue weighted by Crippen LogP contribution is 2.33. The lowest BCUT2D eigenvalue weighted by molar-refractivity contribution is -0.124. The van der Waals surface area contributed by atoms with Crippen molar-refractivity contribution in [2.75, 3.05) is 20.3 Å². The summed E-state index contributed by atoms with van der Waals surface area (Å²) in [6.45, 7) is 7.06. The zero-order valence-corrected chi connectivity index (χ0v) is 19.2. The largest absolute Gasteiger partial charge is 0.493 e. The summed E-state index contributed by atoms with van der Waals surface area (Å²) >= 11 is 6.46. The number of halogens is 1. The molecule has 1 amide bonds. The van der Waals surface area contributed by atoms with Gasteiger partial charge in [-0.1, -0.05) is 29.8 Å². The number of methoxy groups -OCH3 is 1. The highest BCUT2D eigenvalue weighted by Gasteiger charge is 2.16. The van der Waals surface area contributed by atoms with Gasteiger partial charge in [0, 0.05) is 40.3 Å². The van der Waals surface area contributed by atoms with Gasteiger partial charge >= 0.3 is 0 Å². The first-order valence-corrected chi connectivity index (χ1v) is 10.7. The van der Waals surface area contributed by atoms with Gasteiger partial charge < -0.3 is 25.1 Å². The number of hydrogen-bond acceptors (Lipinski definition) is 4. The van der Waals surface area contributed by atoms with Crippen LogP contribution in [-0.4, -0.2) is 36.7 Å². The number of fused-ring (bicyclic) bond motifs is 1. The second-order valence-corrected chi connectivity index (χ2v) is 8.87. The molecule has 7 heteroatoms. The number of carbonyl (C=O) groups excluding carboxylic acids is 1. The van der Waals surface area contributed by atoms with Gasteiger partial charge in [0.05, 0.1) is 7.11 Å². The van der Waals surface area contributed by atoms with Crippen molar-refractivity contribution in [1.82, 2.24) is 15.6 Å². The topological polar surface area (TPSA) is 75.4 Å². The molecule has 1 heterocycles. The van der Waals surface area contributed by atoms with E-state index < -0.39 is 0 Å². The summed E-state index contributed by atoms with van der Waals surface area (Å²) in [5, 5.41) is 8.11. The van der Waals surface area contributed by atoms with Crippen LogP contribution in [0.15, 0.2) is 42.6 Å². The molecule has 0 aliphatic heterocycles. The molecule has 3 aromatic rings. The number of carbonyl (C=O) groups is 1. The average molecular weight is 444 g/mol. The molecule has 0 radical (unpaired) electrons. The highest BCUT2D eigenvalue weighted by molar-refractivity contribution is 6.31. The number of para-hydroxylation sites is 1. The molecule has 0 saturated heterocycles. The smallest absolute Gasteiger partial charge is 0.258 e. The molecule has 0 unspecified atom stereocenters. The van der Waals surface area contributed by atoms with Crippen LogP contribution in [0.5, 0.6) is 11.5 Å². The van der Waals surface area contributed by atoms with Gasteiger partial charge in [-0.3, -0.25) is 4.79 Å². The molecule has 3 N–H and O–H groups in total. The molecule has 1 aromatic heterocycles. The summed E-state index contributed by atoms with van der Waals surface area (Å²) in [7, 11) is 1.57. The van der Waals surface area contributed by atoms with Gasteiger partial charge in [0.15, 0.2) is 18.1 Å². The Balaban J connectivity index is 1.56. The fraction of sp³-hybridized carbons (Fsp3) is 0.375. The lowest BCUT2D eigenvalue weighted by Gasteiger charge is -2.21. The minimum Gasteiger partial charge on any atom is -0.493 e. The molecule has 0 spiro atoms. The monoisotopic (exact) mass is 443 g/mol. The van der Waals surface area contributed by atoms with E-state index in [0.29, 0.717) is 23.1 Å². The zero-order chi connectivity index (χ0) is 22.4. The Bertz CT molecular complexity index is 1040. The zero-order valence-electron chi connectivity index (χ0n) is 18.5. The Morgan fingerprint density at radius 2 is 1.90 bits per heavy atom. The molecule has 166 valence electrons. The first-order valence-electron chi connectivity index (χ1n) is 10.3. The number of nitrogens with one attached hydrogen (secondary N) is 3. The number of aromatic amines is 1. The number of benzene rings is 2. The Hall–Kier alpha value is -2.70. The summed E-state index contributed by atoms with van der Waals surface area (Å²) in [5.41, 5.74) is 3.02. The Labute approximate surface area is 188 Å². The fourth-order valence-corrected chi connectivity index (χ4v) is 3.59. The normalized spacial score (nSPS) is 11.5. The van der Waals surface area contributed by atoms with Gasteiger partial charge in [-0.2, -0.15) is 0 Å². The third kappa shape index (κ3) is 6.39. The summed E-state index contributed by atoms with van der Waals surface area (Å²) in [6.07, 6.45) is 2.97. The molecule has 6 nitrogen and oxygen atoms in total. The second-order valence-electron chi connectivity index (χ2n) is 8.47. The van der Waals surface area contributed by atoms with Crippen molar-refractivity contribution in [3.05, 3.63) is 58.7 Å². The maximum atomic E-state index is 12.0. The molecule has 0 aliphatic rings. The lowest BCUT2D eigenvalue weighted by Crippen LogP contribution is -2.43. The summed E-state index contributed by atoms with van der Waals surface area (Å²) < 4.78 is 11.1. The Kier molecular flexibility index (Phi) is 7.46. The van der Waals surface area contributed by atoms with E-state index in [1.165, 1.54) is 10.9 Å². The van der Waals surface area contributed by atoms with E-state index in [-0.39, 0.29) is 18.1 Å². The van der Waals surface area contributed by atoms with Crippen molar-refractivity contribution in [2.45, 2.75) is 39.3 Å². The molecular weight excluding hydrogens is 414 g/mol. The van der Waals surface area contributed by atoms with E-state index >= 15 is 0 Å². The number of ether oxygens (including phenoxy) is 2. The minimum atomic E-state index is -0.315.